The Morgan fingerprint density at radius 1 is 0.300 bits per heavy atom. The van der Waals surface area contributed by atoms with E-state index in [1.807, 2.05) is 0 Å². The summed E-state index contributed by atoms with van der Waals surface area (Å²) in [6, 6.07) is 68.2. The molecule has 0 saturated heterocycles. The Kier molecular flexibility index (Phi) is 7.23. The van der Waals surface area contributed by atoms with Gasteiger partial charge in [0.15, 0.2) is 0 Å². The molecule has 0 saturated carbocycles. The molecule has 278 valence electrons. The van der Waals surface area contributed by atoms with Crippen LogP contribution in [0.5, 0.6) is 0 Å². The van der Waals surface area contributed by atoms with Crippen LogP contribution in [0.15, 0.2) is 218 Å². The number of benzene rings is 9. The molecular formula is C60H38. The van der Waals surface area contributed by atoms with Gasteiger partial charge in [-0.1, -0.05) is 182 Å². The van der Waals surface area contributed by atoms with E-state index < -0.39 is 0 Å². The molecule has 4 aliphatic carbocycles. The minimum Gasteiger partial charge on any atom is -0.0767 e. The van der Waals surface area contributed by atoms with Crippen molar-refractivity contribution in [3.8, 4) is 77.9 Å². The summed E-state index contributed by atoms with van der Waals surface area (Å²) in [6.45, 7) is 0. The van der Waals surface area contributed by atoms with Crippen LogP contribution < -0.4 is 0 Å². The molecule has 4 aliphatic rings. The van der Waals surface area contributed by atoms with Crippen LogP contribution in [-0.4, -0.2) is 0 Å². The van der Waals surface area contributed by atoms with Gasteiger partial charge in [-0.3, -0.25) is 0 Å². The van der Waals surface area contributed by atoms with Crippen LogP contribution in [0.25, 0.3) is 111 Å². The van der Waals surface area contributed by atoms with Gasteiger partial charge in [0.05, 0.1) is 0 Å². The molecule has 2 atom stereocenters. The smallest absolute Gasteiger partial charge is 0.0199 e. The van der Waals surface area contributed by atoms with Crippen LogP contribution in [0.4, 0.5) is 0 Å². The molecule has 0 aromatic heterocycles. The van der Waals surface area contributed by atoms with Crippen LogP contribution in [0.3, 0.4) is 0 Å². The second kappa shape index (κ2) is 13.0. The van der Waals surface area contributed by atoms with E-state index in [2.05, 4.69) is 218 Å². The molecule has 60 heavy (non-hydrogen) atoms. The third kappa shape index (κ3) is 4.92. The Morgan fingerprint density at radius 3 is 1.33 bits per heavy atom. The summed E-state index contributed by atoms with van der Waals surface area (Å²) >= 11 is 0. The lowest BCUT2D eigenvalue weighted by molar-refractivity contribution is 0.707. The second-order valence-corrected chi connectivity index (χ2v) is 16.7. The molecule has 0 heterocycles. The first kappa shape index (κ1) is 33.4. The molecule has 0 fully saturated rings. The van der Waals surface area contributed by atoms with Crippen molar-refractivity contribution >= 4 is 32.7 Å². The Bertz CT molecular complexity index is 3370. The molecule has 9 aromatic carbocycles. The standard InChI is InChI=1S/C60H38/c1-5-15-37(16-6-1)44-31-46-32-45(38-17-7-2-8-18-38)36-54-56(46)53(35-44)59-57(40-19-9-3-10-20-40)50-30-28-43(34-52(50)58(60(54)59)41-21-11-4-12-22-41)42-27-29-47-48-25-13-23-39-24-14-26-49(55(39)48)51(47)33-42/h1-36,39,55H. The Labute approximate surface area is 350 Å². The van der Waals surface area contributed by atoms with E-state index >= 15 is 0 Å². The summed E-state index contributed by atoms with van der Waals surface area (Å²) in [5.41, 5.74) is 23.3. The van der Waals surface area contributed by atoms with E-state index in [4.69, 9.17) is 0 Å². The molecule has 0 radical (unpaired) electrons. The predicted molar refractivity (Wildman–Crippen MR) is 254 cm³/mol. The van der Waals surface area contributed by atoms with Gasteiger partial charge >= 0.3 is 0 Å². The van der Waals surface area contributed by atoms with Crippen molar-refractivity contribution in [3.05, 3.63) is 230 Å². The Hall–Kier alpha value is -7.54. The SMILES string of the molecule is C1=CC2C=CC=C3c4cc(-c5ccc6c(-c7ccccc7)c7c(c(-c8ccccc8)c6c5)-c5cc(-c6ccccc6)cc6cc(-c8ccccc8)cc-7c56)ccc4C(=C1)C32. The quantitative estimate of drug-likeness (QED) is 0.164. The molecule has 0 spiro atoms. The fourth-order valence-corrected chi connectivity index (χ4v) is 10.9. The van der Waals surface area contributed by atoms with E-state index in [0.717, 1.165) is 0 Å². The first-order valence-electron chi connectivity index (χ1n) is 21.2. The van der Waals surface area contributed by atoms with E-state index in [0.29, 0.717) is 11.8 Å². The van der Waals surface area contributed by atoms with Crippen molar-refractivity contribution in [2.75, 3.05) is 0 Å². The van der Waals surface area contributed by atoms with Gasteiger partial charge in [-0.25, -0.2) is 0 Å². The van der Waals surface area contributed by atoms with Crippen LogP contribution in [0.2, 0.25) is 0 Å². The number of allylic oxidation sites excluding steroid dienone is 8. The molecule has 0 bridgehead atoms. The molecular weight excluding hydrogens is 721 g/mol. The maximum atomic E-state index is 2.49. The highest BCUT2D eigenvalue weighted by atomic mass is 14.4. The lowest BCUT2D eigenvalue weighted by Crippen LogP contribution is -2.13. The Morgan fingerprint density at radius 2 is 0.767 bits per heavy atom. The average molecular weight is 759 g/mol. The van der Waals surface area contributed by atoms with Gasteiger partial charge in [-0.15, -0.1) is 0 Å². The molecule has 9 aromatic rings. The highest BCUT2D eigenvalue weighted by Gasteiger charge is 2.38. The summed E-state index contributed by atoms with van der Waals surface area (Å²) < 4.78 is 0. The maximum absolute atomic E-state index is 2.49. The highest BCUT2D eigenvalue weighted by molar-refractivity contribution is 6.29. The zero-order valence-corrected chi connectivity index (χ0v) is 32.9. The van der Waals surface area contributed by atoms with Crippen molar-refractivity contribution < 1.29 is 0 Å². The van der Waals surface area contributed by atoms with E-state index in [1.54, 1.807) is 0 Å². The minimum atomic E-state index is 0.412. The molecule has 0 aliphatic heterocycles. The fraction of sp³-hybridized carbons (Fsp3) is 0.0333. The molecule has 13 rings (SSSR count). The van der Waals surface area contributed by atoms with Gasteiger partial charge in [0.25, 0.3) is 0 Å². The largest absolute Gasteiger partial charge is 0.0767 e. The molecule has 0 amide bonds. The van der Waals surface area contributed by atoms with Gasteiger partial charge in [0.2, 0.25) is 0 Å². The van der Waals surface area contributed by atoms with Gasteiger partial charge in [0, 0.05) is 11.8 Å². The highest BCUT2D eigenvalue weighted by Crippen LogP contribution is 2.60. The topological polar surface area (TPSA) is 0 Å². The summed E-state index contributed by atoms with van der Waals surface area (Å²) in [6.07, 6.45) is 13.9. The number of rotatable bonds is 5. The van der Waals surface area contributed by atoms with Gasteiger partial charge in [-0.2, -0.15) is 0 Å². The molecule has 0 N–H and O–H groups in total. The normalized spacial score (nSPS) is 16.4. The third-order valence-electron chi connectivity index (χ3n) is 13.5. The summed E-state index contributed by atoms with van der Waals surface area (Å²) in [5.74, 6) is 0.836. The van der Waals surface area contributed by atoms with Crippen molar-refractivity contribution in [1.29, 1.82) is 0 Å². The van der Waals surface area contributed by atoms with E-state index in [-0.39, 0.29) is 0 Å². The lowest BCUT2D eigenvalue weighted by Gasteiger charge is -2.25. The van der Waals surface area contributed by atoms with Gasteiger partial charge in [-0.05, 0) is 158 Å². The number of fused-ring (bicyclic) bond motifs is 7. The van der Waals surface area contributed by atoms with Gasteiger partial charge < -0.3 is 0 Å². The van der Waals surface area contributed by atoms with E-state index in [9.17, 15) is 0 Å². The average Bonchev–Trinajstić information content (AvgIpc) is 3.82. The van der Waals surface area contributed by atoms with E-state index in [1.165, 1.54) is 122 Å². The van der Waals surface area contributed by atoms with Crippen molar-refractivity contribution in [2.45, 2.75) is 0 Å². The van der Waals surface area contributed by atoms with Crippen LogP contribution in [-0.2, 0) is 0 Å². The first-order chi connectivity index (χ1) is 29.8. The maximum Gasteiger partial charge on any atom is 0.0199 e. The number of hydrogen-bond acceptors (Lipinski definition) is 0. The molecule has 0 nitrogen and oxygen atoms in total. The minimum absolute atomic E-state index is 0.412. The number of hydrogen-bond donors (Lipinski definition) is 0. The fourth-order valence-electron chi connectivity index (χ4n) is 10.9. The molecule has 2 unspecified atom stereocenters. The van der Waals surface area contributed by atoms with Crippen molar-refractivity contribution in [3.63, 3.8) is 0 Å². The summed E-state index contributed by atoms with van der Waals surface area (Å²) in [4.78, 5) is 0. The zero-order chi connectivity index (χ0) is 39.3. The third-order valence-corrected chi connectivity index (χ3v) is 13.5. The van der Waals surface area contributed by atoms with Gasteiger partial charge in [0.1, 0.15) is 0 Å². The summed E-state index contributed by atoms with van der Waals surface area (Å²) in [7, 11) is 0. The van der Waals surface area contributed by atoms with Crippen LogP contribution in [0.1, 0.15) is 11.1 Å². The van der Waals surface area contributed by atoms with Crippen LogP contribution >= 0.6 is 0 Å². The Balaban J connectivity index is 1.14. The van der Waals surface area contributed by atoms with Crippen molar-refractivity contribution in [1.82, 2.24) is 0 Å². The predicted octanol–water partition coefficient (Wildman–Crippen LogP) is 16.1. The lowest BCUT2D eigenvalue weighted by atomic mass is 9.78. The monoisotopic (exact) mass is 758 g/mol. The van der Waals surface area contributed by atoms with Crippen molar-refractivity contribution in [2.24, 2.45) is 11.8 Å². The first-order valence-corrected chi connectivity index (χ1v) is 21.2. The van der Waals surface area contributed by atoms with Crippen LogP contribution in [0, 0.1) is 11.8 Å². The second-order valence-electron chi connectivity index (χ2n) is 16.7. The zero-order valence-electron chi connectivity index (χ0n) is 32.9. The summed E-state index contributed by atoms with van der Waals surface area (Å²) in [5, 5.41) is 5.13. The molecule has 0 heteroatoms.